The molecule has 0 aliphatic carbocycles. The lowest BCUT2D eigenvalue weighted by atomic mass is 10.3. The second-order valence-corrected chi connectivity index (χ2v) is 5.16. The van der Waals surface area contributed by atoms with Crippen molar-refractivity contribution in [1.82, 2.24) is 0 Å². The van der Waals surface area contributed by atoms with Crippen molar-refractivity contribution in [3.8, 4) is 17.2 Å². The standard InChI is InChI=1S/C15H14BrNO5/c1-20-15-10-12(17(18)19)5-6-14(15)22-8-7-21-13-4-2-3-11(16)9-13/h2-6,9-10H,7-8H2,1H3. The average molecular weight is 368 g/mol. The number of methoxy groups -OCH3 is 1. The molecule has 0 heterocycles. The summed E-state index contributed by atoms with van der Waals surface area (Å²) in [6.45, 7) is 0.636. The molecule has 7 heteroatoms. The molecule has 22 heavy (non-hydrogen) atoms. The maximum atomic E-state index is 10.7. The summed E-state index contributed by atoms with van der Waals surface area (Å²) >= 11 is 3.36. The van der Waals surface area contributed by atoms with Gasteiger partial charge in [-0.05, 0) is 24.3 Å². The zero-order valence-corrected chi connectivity index (χ0v) is 13.4. The number of ether oxygens (including phenoxy) is 3. The van der Waals surface area contributed by atoms with Gasteiger partial charge in [0.15, 0.2) is 11.5 Å². The van der Waals surface area contributed by atoms with Crippen LogP contribution >= 0.6 is 15.9 Å². The summed E-state index contributed by atoms with van der Waals surface area (Å²) in [6, 6.07) is 11.7. The van der Waals surface area contributed by atoms with Crippen LogP contribution in [0, 0.1) is 10.1 Å². The van der Waals surface area contributed by atoms with E-state index in [1.807, 2.05) is 24.3 Å². The topological polar surface area (TPSA) is 70.8 Å². The van der Waals surface area contributed by atoms with Gasteiger partial charge in [0.05, 0.1) is 18.1 Å². The van der Waals surface area contributed by atoms with E-state index in [9.17, 15) is 10.1 Å². The summed E-state index contributed by atoms with van der Waals surface area (Å²) in [5.74, 6) is 1.48. The molecule has 2 aromatic rings. The van der Waals surface area contributed by atoms with E-state index in [0.29, 0.717) is 24.7 Å². The number of non-ortho nitro benzene ring substituents is 1. The van der Waals surface area contributed by atoms with Gasteiger partial charge in [0.2, 0.25) is 0 Å². The summed E-state index contributed by atoms with van der Waals surface area (Å²) in [5, 5.41) is 10.7. The van der Waals surface area contributed by atoms with Crippen LogP contribution in [0.3, 0.4) is 0 Å². The Balaban J connectivity index is 1.90. The number of nitro benzene ring substituents is 1. The highest BCUT2D eigenvalue weighted by Gasteiger charge is 2.12. The fourth-order valence-corrected chi connectivity index (χ4v) is 2.14. The molecule has 6 nitrogen and oxygen atoms in total. The van der Waals surface area contributed by atoms with Crippen LogP contribution in [0.2, 0.25) is 0 Å². The summed E-state index contributed by atoms with van der Waals surface area (Å²) in [7, 11) is 1.43. The largest absolute Gasteiger partial charge is 0.493 e. The Labute approximate surface area is 135 Å². The van der Waals surface area contributed by atoms with Gasteiger partial charge in [-0.25, -0.2) is 0 Å². The van der Waals surface area contributed by atoms with Gasteiger partial charge in [0, 0.05) is 10.5 Å². The SMILES string of the molecule is COc1cc([N+](=O)[O-])ccc1OCCOc1cccc(Br)c1. The molecule has 0 amide bonds. The van der Waals surface area contributed by atoms with Crippen LogP contribution in [-0.4, -0.2) is 25.2 Å². The number of rotatable bonds is 7. The average Bonchev–Trinajstić information content (AvgIpc) is 2.51. The first-order chi connectivity index (χ1) is 10.6. The molecule has 0 unspecified atom stereocenters. The second kappa shape index (κ2) is 7.65. The van der Waals surface area contributed by atoms with Crippen molar-refractivity contribution in [1.29, 1.82) is 0 Å². The van der Waals surface area contributed by atoms with Gasteiger partial charge in [-0.3, -0.25) is 10.1 Å². The molecule has 0 aliphatic heterocycles. The van der Waals surface area contributed by atoms with Gasteiger partial charge in [0.1, 0.15) is 19.0 Å². The molecule has 0 bridgehead atoms. The molecule has 2 rings (SSSR count). The van der Waals surface area contributed by atoms with Crippen LogP contribution in [0.15, 0.2) is 46.9 Å². The molecule has 0 aromatic heterocycles. The lowest BCUT2D eigenvalue weighted by Crippen LogP contribution is -2.09. The van der Waals surface area contributed by atoms with Crippen molar-refractivity contribution in [2.24, 2.45) is 0 Å². The van der Waals surface area contributed by atoms with Crippen molar-refractivity contribution < 1.29 is 19.1 Å². The minimum atomic E-state index is -0.483. The number of benzene rings is 2. The Kier molecular flexibility index (Phi) is 5.60. The summed E-state index contributed by atoms with van der Waals surface area (Å²) in [4.78, 5) is 10.2. The zero-order chi connectivity index (χ0) is 15.9. The van der Waals surface area contributed by atoms with Crippen LogP contribution in [0.5, 0.6) is 17.2 Å². The van der Waals surface area contributed by atoms with Crippen molar-refractivity contribution >= 4 is 21.6 Å². The van der Waals surface area contributed by atoms with Gasteiger partial charge < -0.3 is 14.2 Å². The highest BCUT2D eigenvalue weighted by Crippen LogP contribution is 2.31. The van der Waals surface area contributed by atoms with E-state index < -0.39 is 4.92 Å². The first-order valence-electron chi connectivity index (χ1n) is 6.44. The first-order valence-corrected chi connectivity index (χ1v) is 7.23. The molecule has 0 saturated heterocycles. The second-order valence-electron chi connectivity index (χ2n) is 4.25. The van der Waals surface area contributed by atoms with Gasteiger partial charge in [-0.2, -0.15) is 0 Å². The predicted octanol–water partition coefficient (Wildman–Crippen LogP) is 3.82. The van der Waals surface area contributed by atoms with Crippen LogP contribution in [-0.2, 0) is 0 Å². The molecule has 0 atom stereocenters. The van der Waals surface area contributed by atoms with E-state index in [0.717, 1.165) is 10.2 Å². The lowest BCUT2D eigenvalue weighted by Gasteiger charge is -2.11. The number of hydrogen-bond acceptors (Lipinski definition) is 5. The van der Waals surface area contributed by atoms with E-state index >= 15 is 0 Å². The summed E-state index contributed by atoms with van der Waals surface area (Å²) in [6.07, 6.45) is 0. The number of hydrogen-bond donors (Lipinski definition) is 0. The first kappa shape index (κ1) is 16.1. The smallest absolute Gasteiger partial charge is 0.273 e. The van der Waals surface area contributed by atoms with Crippen molar-refractivity contribution in [2.45, 2.75) is 0 Å². The number of halogens is 1. The molecule has 0 spiro atoms. The lowest BCUT2D eigenvalue weighted by molar-refractivity contribution is -0.384. The van der Waals surface area contributed by atoms with Gasteiger partial charge in [-0.15, -0.1) is 0 Å². The molecule has 2 aromatic carbocycles. The maximum absolute atomic E-state index is 10.7. The third-order valence-corrected chi connectivity index (χ3v) is 3.26. The highest BCUT2D eigenvalue weighted by atomic mass is 79.9. The Bertz CT molecular complexity index is 662. The fraction of sp³-hybridized carbons (Fsp3) is 0.200. The van der Waals surface area contributed by atoms with E-state index in [1.165, 1.54) is 25.3 Å². The maximum Gasteiger partial charge on any atom is 0.273 e. The molecular formula is C15H14BrNO5. The molecule has 0 fully saturated rings. The van der Waals surface area contributed by atoms with Crippen molar-refractivity contribution in [2.75, 3.05) is 20.3 Å². The number of nitrogens with zero attached hydrogens (tertiary/aromatic N) is 1. The van der Waals surface area contributed by atoms with Crippen LogP contribution < -0.4 is 14.2 Å². The molecule has 0 saturated carbocycles. The minimum Gasteiger partial charge on any atom is -0.493 e. The normalized spacial score (nSPS) is 10.1. The number of nitro groups is 1. The molecule has 0 radical (unpaired) electrons. The zero-order valence-electron chi connectivity index (χ0n) is 11.8. The van der Waals surface area contributed by atoms with Crippen molar-refractivity contribution in [3.63, 3.8) is 0 Å². The summed E-state index contributed by atoms with van der Waals surface area (Å²) < 4.78 is 17.1. The molecule has 0 N–H and O–H groups in total. The van der Waals surface area contributed by atoms with Gasteiger partial charge >= 0.3 is 0 Å². The Morgan fingerprint density at radius 1 is 1.09 bits per heavy atom. The van der Waals surface area contributed by atoms with E-state index in [-0.39, 0.29) is 5.69 Å². The third-order valence-electron chi connectivity index (χ3n) is 2.76. The highest BCUT2D eigenvalue weighted by molar-refractivity contribution is 9.10. The van der Waals surface area contributed by atoms with E-state index in [2.05, 4.69) is 15.9 Å². The molecule has 0 aliphatic rings. The van der Waals surface area contributed by atoms with Crippen molar-refractivity contribution in [3.05, 3.63) is 57.1 Å². The Hall–Kier alpha value is -2.28. The van der Waals surface area contributed by atoms with Gasteiger partial charge in [-0.1, -0.05) is 22.0 Å². The van der Waals surface area contributed by atoms with Crippen LogP contribution in [0.1, 0.15) is 0 Å². The quantitative estimate of drug-likeness (QED) is 0.422. The van der Waals surface area contributed by atoms with Gasteiger partial charge in [0.25, 0.3) is 5.69 Å². The minimum absolute atomic E-state index is 0.0467. The predicted molar refractivity (Wildman–Crippen MR) is 84.8 cm³/mol. The Morgan fingerprint density at radius 2 is 1.86 bits per heavy atom. The third kappa shape index (κ3) is 4.36. The molecule has 116 valence electrons. The summed E-state index contributed by atoms with van der Waals surface area (Å²) in [5.41, 5.74) is -0.0467. The molecular weight excluding hydrogens is 354 g/mol. The fourth-order valence-electron chi connectivity index (χ4n) is 1.76. The van der Waals surface area contributed by atoms with E-state index in [4.69, 9.17) is 14.2 Å². The van der Waals surface area contributed by atoms with E-state index in [1.54, 1.807) is 0 Å². The monoisotopic (exact) mass is 367 g/mol. The van der Waals surface area contributed by atoms with Crippen LogP contribution in [0.25, 0.3) is 0 Å². The Morgan fingerprint density at radius 3 is 2.55 bits per heavy atom. The van der Waals surface area contributed by atoms with Crippen LogP contribution in [0.4, 0.5) is 5.69 Å².